The van der Waals surface area contributed by atoms with Crippen LogP contribution in [0.25, 0.3) is 0 Å². The summed E-state index contributed by atoms with van der Waals surface area (Å²) in [6.45, 7) is 2.60. The Balaban J connectivity index is 2.08. The molecule has 0 radical (unpaired) electrons. The molecule has 1 atom stereocenters. The van der Waals surface area contributed by atoms with Crippen molar-refractivity contribution in [3.05, 3.63) is 47.5 Å². The molecule has 1 aliphatic rings. The first-order valence-corrected chi connectivity index (χ1v) is 5.70. The van der Waals surface area contributed by atoms with Gasteiger partial charge in [-0.2, -0.15) is 0 Å². The highest BCUT2D eigenvalue weighted by Crippen LogP contribution is 2.18. The number of benzene rings is 1. The molecule has 2 nitrogen and oxygen atoms in total. The van der Waals surface area contributed by atoms with Crippen LogP contribution in [0.5, 0.6) is 0 Å². The van der Waals surface area contributed by atoms with Gasteiger partial charge in [0.25, 0.3) is 0 Å². The van der Waals surface area contributed by atoms with Crippen molar-refractivity contribution in [2.45, 2.75) is 25.4 Å². The average molecular weight is 215 g/mol. The molecule has 2 rings (SSSR count). The van der Waals surface area contributed by atoms with Gasteiger partial charge in [0.05, 0.1) is 6.54 Å². The predicted octanol–water partition coefficient (Wildman–Crippen LogP) is 2.16. The van der Waals surface area contributed by atoms with E-state index in [1.807, 2.05) is 12.2 Å². The Morgan fingerprint density at radius 1 is 1.25 bits per heavy atom. The van der Waals surface area contributed by atoms with E-state index in [9.17, 15) is 5.11 Å². The molecular formula is C14H17NO. The van der Waals surface area contributed by atoms with E-state index in [0.29, 0.717) is 13.0 Å². The van der Waals surface area contributed by atoms with Crippen LogP contribution in [0.4, 0.5) is 0 Å². The first kappa shape index (κ1) is 11.1. The number of allylic oxidation sites excluding steroid dienone is 1. The van der Waals surface area contributed by atoms with E-state index < -0.39 is 5.60 Å². The summed E-state index contributed by atoms with van der Waals surface area (Å²) in [7, 11) is 0. The van der Waals surface area contributed by atoms with Gasteiger partial charge in [0.15, 0.2) is 0 Å². The number of rotatable bonds is 3. The van der Waals surface area contributed by atoms with Crippen molar-refractivity contribution < 1.29 is 5.11 Å². The summed E-state index contributed by atoms with van der Waals surface area (Å²) in [5, 5.41) is 10.3. The SMILES string of the molecule is CCc1ccc(CC2(O)C=CC=NC2)cc1. The van der Waals surface area contributed by atoms with Gasteiger partial charge in [0, 0.05) is 12.6 Å². The molecule has 0 saturated heterocycles. The molecule has 0 aromatic heterocycles. The first-order valence-electron chi connectivity index (χ1n) is 5.70. The largest absolute Gasteiger partial charge is 0.383 e. The molecule has 1 aliphatic heterocycles. The van der Waals surface area contributed by atoms with Crippen molar-refractivity contribution in [2.75, 3.05) is 6.54 Å². The fraction of sp³-hybridized carbons (Fsp3) is 0.357. The van der Waals surface area contributed by atoms with Gasteiger partial charge in [-0.1, -0.05) is 31.2 Å². The normalized spacial score (nSPS) is 23.6. The smallest absolute Gasteiger partial charge is 0.107 e. The van der Waals surface area contributed by atoms with Gasteiger partial charge in [0.1, 0.15) is 5.60 Å². The second-order valence-corrected chi connectivity index (χ2v) is 4.30. The number of aliphatic imine (C=N–C) groups is 1. The van der Waals surface area contributed by atoms with Gasteiger partial charge < -0.3 is 5.11 Å². The zero-order valence-corrected chi connectivity index (χ0v) is 9.56. The van der Waals surface area contributed by atoms with E-state index in [0.717, 1.165) is 12.0 Å². The lowest BCUT2D eigenvalue weighted by Gasteiger charge is -2.24. The number of aryl methyl sites for hydroxylation is 1. The molecule has 16 heavy (non-hydrogen) atoms. The highest BCUT2D eigenvalue weighted by atomic mass is 16.3. The van der Waals surface area contributed by atoms with Crippen molar-refractivity contribution in [3.8, 4) is 0 Å². The number of nitrogens with zero attached hydrogens (tertiary/aromatic N) is 1. The van der Waals surface area contributed by atoms with Crippen LogP contribution in [-0.4, -0.2) is 23.5 Å². The second-order valence-electron chi connectivity index (χ2n) is 4.30. The van der Waals surface area contributed by atoms with Gasteiger partial charge >= 0.3 is 0 Å². The molecule has 1 N–H and O–H groups in total. The van der Waals surface area contributed by atoms with Crippen molar-refractivity contribution in [1.82, 2.24) is 0 Å². The summed E-state index contributed by atoms with van der Waals surface area (Å²) in [6, 6.07) is 8.41. The summed E-state index contributed by atoms with van der Waals surface area (Å²) in [5.74, 6) is 0. The zero-order valence-electron chi connectivity index (χ0n) is 9.56. The molecule has 1 aromatic rings. The number of aliphatic hydroxyl groups is 1. The minimum atomic E-state index is -0.803. The Bertz CT molecular complexity index is 405. The molecule has 1 aromatic carbocycles. The minimum Gasteiger partial charge on any atom is -0.383 e. The van der Waals surface area contributed by atoms with Crippen molar-refractivity contribution in [2.24, 2.45) is 4.99 Å². The standard InChI is InChI=1S/C14H17NO/c1-2-12-4-6-13(7-5-12)10-14(16)8-3-9-15-11-14/h3-9,16H,2,10-11H2,1H3. The molecule has 2 heteroatoms. The third-order valence-corrected chi connectivity index (χ3v) is 2.90. The lowest BCUT2D eigenvalue weighted by molar-refractivity contribution is 0.100. The molecule has 0 amide bonds. The van der Waals surface area contributed by atoms with E-state index in [-0.39, 0.29) is 0 Å². The van der Waals surface area contributed by atoms with Crippen molar-refractivity contribution in [1.29, 1.82) is 0 Å². The zero-order chi connectivity index (χ0) is 11.4. The van der Waals surface area contributed by atoms with Gasteiger partial charge in [-0.15, -0.1) is 0 Å². The number of hydrogen-bond donors (Lipinski definition) is 1. The third kappa shape index (κ3) is 2.58. The molecule has 1 heterocycles. The lowest BCUT2D eigenvalue weighted by Crippen LogP contribution is -2.34. The van der Waals surface area contributed by atoms with E-state index in [1.165, 1.54) is 5.56 Å². The summed E-state index contributed by atoms with van der Waals surface area (Å²) in [4.78, 5) is 4.10. The van der Waals surface area contributed by atoms with E-state index in [1.54, 1.807) is 6.21 Å². The second kappa shape index (κ2) is 4.62. The van der Waals surface area contributed by atoms with E-state index in [4.69, 9.17) is 0 Å². The molecule has 0 aliphatic carbocycles. The summed E-state index contributed by atoms with van der Waals surface area (Å²) in [6.07, 6.45) is 7.05. The van der Waals surface area contributed by atoms with Crippen LogP contribution in [0.15, 0.2) is 41.4 Å². The van der Waals surface area contributed by atoms with Crippen LogP contribution in [0.3, 0.4) is 0 Å². The highest BCUT2D eigenvalue weighted by molar-refractivity contribution is 5.72. The molecule has 0 saturated carbocycles. The van der Waals surface area contributed by atoms with Crippen molar-refractivity contribution >= 4 is 6.21 Å². The third-order valence-electron chi connectivity index (χ3n) is 2.90. The summed E-state index contributed by atoms with van der Waals surface area (Å²) in [5.41, 5.74) is 1.68. The van der Waals surface area contributed by atoms with Gasteiger partial charge in [-0.05, 0) is 29.7 Å². The Labute approximate surface area is 96.3 Å². The van der Waals surface area contributed by atoms with Gasteiger partial charge in [0.2, 0.25) is 0 Å². The average Bonchev–Trinajstić information content (AvgIpc) is 2.30. The summed E-state index contributed by atoms with van der Waals surface area (Å²) < 4.78 is 0. The maximum absolute atomic E-state index is 10.3. The molecule has 0 fully saturated rings. The number of hydrogen-bond acceptors (Lipinski definition) is 2. The van der Waals surface area contributed by atoms with Crippen LogP contribution in [0, 0.1) is 0 Å². The first-order chi connectivity index (χ1) is 7.72. The van der Waals surface area contributed by atoms with E-state index >= 15 is 0 Å². The van der Waals surface area contributed by atoms with Crippen LogP contribution in [0.1, 0.15) is 18.1 Å². The quantitative estimate of drug-likeness (QED) is 0.823. The minimum absolute atomic E-state index is 0.457. The Morgan fingerprint density at radius 2 is 1.94 bits per heavy atom. The lowest BCUT2D eigenvalue weighted by atomic mass is 9.92. The van der Waals surface area contributed by atoms with Crippen molar-refractivity contribution in [3.63, 3.8) is 0 Å². The molecule has 0 bridgehead atoms. The van der Waals surface area contributed by atoms with Gasteiger partial charge in [-0.3, -0.25) is 4.99 Å². The molecule has 0 spiro atoms. The van der Waals surface area contributed by atoms with Crippen LogP contribution in [0.2, 0.25) is 0 Å². The monoisotopic (exact) mass is 215 g/mol. The van der Waals surface area contributed by atoms with Crippen LogP contribution >= 0.6 is 0 Å². The molecule has 84 valence electrons. The highest BCUT2D eigenvalue weighted by Gasteiger charge is 2.24. The Kier molecular flexibility index (Phi) is 3.20. The topological polar surface area (TPSA) is 32.6 Å². The molecule has 1 unspecified atom stereocenters. The van der Waals surface area contributed by atoms with Crippen LogP contribution < -0.4 is 0 Å². The fourth-order valence-electron chi connectivity index (χ4n) is 1.91. The molecular weight excluding hydrogens is 198 g/mol. The summed E-state index contributed by atoms with van der Waals surface area (Å²) >= 11 is 0. The van der Waals surface area contributed by atoms with Crippen LogP contribution in [-0.2, 0) is 12.8 Å². The van der Waals surface area contributed by atoms with E-state index in [2.05, 4.69) is 36.2 Å². The maximum Gasteiger partial charge on any atom is 0.107 e. The Morgan fingerprint density at radius 3 is 2.50 bits per heavy atom. The Hall–Kier alpha value is -1.41. The number of dihydropyridines is 1. The fourth-order valence-corrected chi connectivity index (χ4v) is 1.91. The van der Waals surface area contributed by atoms with Gasteiger partial charge in [-0.25, -0.2) is 0 Å². The maximum atomic E-state index is 10.3. The predicted molar refractivity (Wildman–Crippen MR) is 67.0 cm³/mol.